The molecule has 5 nitrogen and oxygen atoms in total. The Balaban J connectivity index is 2.22. The number of nitrogens with zero attached hydrogens (tertiary/aromatic N) is 2. The Kier molecular flexibility index (Phi) is 4.52. The first-order chi connectivity index (χ1) is 9.24. The van der Waals surface area contributed by atoms with Crippen molar-refractivity contribution < 1.29 is 9.26 Å². The van der Waals surface area contributed by atoms with Gasteiger partial charge in [0.2, 0.25) is 0 Å². The highest BCUT2D eigenvalue weighted by molar-refractivity contribution is 5.62. The second kappa shape index (κ2) is 6.33. The van der Waals surface area contributed by atoms with Gasteiger partial charge in [-0.15, -0.1) is 0 Å². The van der Waals surface area contributed by atoms with Crippen molar-refractivity contribution in [3.05, 3.63) is 30.1 Å². The van der Waals surface area contributed by atoms with Gasteiger partial charge < -0.3 is 14.6 Å². The fourth-order valence-corrected chi connectivity index (χ4v) is 1.75. The Morgan fingerprint density at radius 3 is 2.89 bits per heavy atom. The quantitative estimate of drug-likeness (QED) is 0.864. The zero-order valence-corrected chi connectivity index (χ0v) is 11.5. The number of hydrogen-bond acceptors (Lipinski definition) is 5. The predicted octanol–water partition coefficient (Wildman–Crippen LogP) is 2.29. The van der Waals surface area contributed by atoms with Crippen LogP contribution in [-0.2, 0) is 6.42 Å². The van der Waals surface area contributed by atoms with Gasteiger partial charge in [-0.2, -0.15) is 4.98 Å². The summed E-state index contributed by atoms with van der Waals surface area (Å²) in [6.07, 6.45) is 0.733. The molecule has 1 aromatic carbocycles. The zero-order valence-electron chi connectivity index (χ0n) is 11.5. The number of aromatic nitrogens is 2. The molecule has 1 aromatic heterocycles. The smallest absolute Gasteiger partial charge is 0.261 e. The first-order valence-corrected chi connectivity index (χ1v) is 6.46. The third-order valence-electron chi connectivity index (χ3n) is 2.87. The minimum Gasteiger partial charge on any atom is -0.493 e. The van der Waals surface area contributed by atoms with Crippen molar-refractivity contribution in [2.75, 3.05) is 13.7 Å². The van der Waals surface area contributed by atoms with Gasteiger partial charge in [-0.05, 0) is 33.0 Å². The molecule has 2 rings (SSSR count). The minimum absolute atomic E-state index is 0.313. The van der Waals surface area contributed by atoms with Crippen molar-refractivity contribution in [2.24, 2.45) is 0 Å². The summed E-state index contributed by atoms with van der Waals surface area (Å²) in [6, 6.07) is 7.99. The van der Waals surface area contributed by atoms with E-state index in [1.165, 1.54) is 0 Å². The standard InChI is InChI=1S/C14H19N3O2/c1-4-18-12-8-6-5-7-11(12)14-16-13(17-19-14)9-10(2)15-3/h5-8,10,15H,4,9H2,1-3H3. The third kappa shape index (κ3) is 3.32. The lowest BCUT2D eigenvalue weighted by atomic mass is 10.2. The number of hydrogen-bond donors (Lipinski definition) is 1. The van der Waals surface area contributed by atoms with Gasteiger partial charge >= 0.3 is 0 Å². The molecular weight excluding hydrogens is 242 g/mol. The maximum Gasteiger partial charge on any atom is 0.261 e. The van der Waals surface area contributed by atoms with E-state index >= 15 is 0 Å². The van der Waals surface area contributed by atoms with Gasteiger partial charge in [-0.1, -0.05) is 17.3 Å². The lowest BCUT2D eigenvalue weighted by Crippen LogP contribution is -2.24. The monoisotopic (exact) mass is 261 g/mol. The topological polar surface area (TPSA) is 60.2 Å². The predicted molar refractivity (Wildman–Crippen MR) is 73.1 cm³/mol. The minimum atomic E-state index is 0.313. The van der Waals surface area contributed by atoms with Gasteiger partial charge in [-0.3, -0.25) is 0 Å². The normalized spacial score (nSPS) is 12.4. The van der Waals surface area contributed by atoms with E-state index in [0.29, 0.717) is 24.4 Å². The highest BCUT2D eigenvalue weighted by Gasteiger charge is 2.14. The molecular formula is C14H19N3O2. The van der Waals surface area contributed by atoms with Crippen LogP contribution in [0.15, 0.2) is 28.8 Å². The fourth-order valence-electron chi connectivity index (χ4n) is 1.75. The molecule has 19 heavy (non-hydrogen) atoms. The second-order valence-electron chi connectivity index (χ2n) is 4.34. The molecule has 2 aromatic rings. The molecule has 0 amide bonds. The van der Waals surface area contributed by atoms with Crippen molar-refractivity contribution in [1.82, 2.24) is 15.5 Å². The summed E-state index contributed by atoms with van der Waals surface area (Å²) >= 11 is 0. The number of likely N-dealkylation sites (N-methyl/N-ethyl adjacent to an activating group) is 1. The highest BCUT2D eigenvalue weighted by Crippen LogP contribution is 2.28. The highest BCUT2D eigenvalue weighted by atomic mass is 16.5. The van der Waals surface area contributed by atoms with Crippen LogP contribution in [0.25, 0.3) is 11.5 Å². The Hall–Kier alpha value is -1.88. The molecule has 1 heterocycles. The Bertz CT molecular complexity index is 525. The summed E-state index contributed by atoms with van der Waals surface area (Å²) in [7, 11) is 1.91. The molecule has 0 fully saturated rings. The maximum absolute atomic E-state index is 5.56. The Labute approximate surface area is 113 Å². The molecule has 0 spiro atoms. The van der Waals surface area contributed by atoms with E-state index in [9.17, 15) is 0 Å². The molecule has 0 aliphatic rings. The van der Waals surface area contributed by atoms with Crippen molar-refractivity contribution >= 4 is 0 Å². The lowest BCUT2D eigenvalue weighted by molar-refractivity contribution is 0.339. The van der Waals surface area contributed by atoms with Crippen LogP contribution in [0.1, 0.15) is 19.7 Å². The molecule has 0 aliphatic heterocycles. The van der Waals surface area contributed by atoms with Crippen LogP contribution < -0.4 is 10.1 Å². The zero-order chi connectivity index (χ0) is 13.7. The van der Waals surface area contributed by atoms with E-state index in [2.05, 4.69) is 22.4 Å². The van der Waals surface area contributed by atoms with Gasteiger partial charge in [-0.25, -0.2) is 0 Å². The fraction of sp³-hybridized carbons (Fsp3) is 0.429. The van der Waals surface area contributed by atoms with Gasteiger partial charge in [0.25, 0.3) is 5.89 Å². The van der Waals surface area contributed by atoms with E-state index in [4.69, 9.17) is 9.26 Å². The van der Waals surface area contributed by atoms with E-state index < -0.39 is 0 Å². The summed E-state index contributed by atoms with van der Waals surface area (Å²) in [5, 5.41) is 7.15. The second-order valence-corrected chi connectivity index (χ2v) is 4.34. The summed E-state index contributed by atoms with van der Waals surface area (Å²) in [5.41, 5.74) is 0.834. The van der Waals surface area contributed by atoms with Crippen LogP contribution in [0.4, 0.5) is 0 Å². The molecule has 0 bridgehead atoms. The van der Waals surface area contributed by atoms with Crippen molar-refractivity contribution in [2.45, 2.75) is 26.3 Å². The Morgan fingerprint density at radius 2 is 2.16 bits per heavy atom. The van der Waals surface area contributed by atoms with E-state index in [1.807, 2.05) is 38.2 Å². The molecule has 0 saturated carbocycles. The van der Waals surface area contributed by atoms with Crippen molar-refractivity contribution in [1.29, 1.82) is 0 Å². The average Bonchev–Trinajstić information content (AvgIpc) is 2.88. The van der Waals surface area contributed by atoms with Crippen LogP contribution in [0.5, 0.6) is 5.75 Å². The van der Waals surface area contributed by atoms with Crippen molar-refractivity contribution in [3.63, 3.8) is 0 Å². The van der Waals surface area contributed by atoms with E-state index in [-0.39, 0.29) is 0 Å². The Morgan fingerprint density at radius 1 is 1.37 bits per heavy atom. The molecule has 0 radical (unpaired) electrons. The summed E-state index contributed by atoms with van der Waals surface area (Å²) in [6.45, 7) is 4.63. The number of para-hydroxylation sites is 1. The van der Waals surface area contributed by atoms with E-state index in [0.717, 1.165) is 17.7 Å². The van der Waals surface area contributed by atoms with Gasteiger partial charge in [0.1, 0.15) is 5.75 Å². The third-order valence-corrected chi connectivity index (χ3v) is 2.87. The molecule has 1 N–H and O–H groups in total. The molecule has 1 atom stereocenters. The first kappa shape index (κ1) is 13.5. The molecule has 1 unspecified atom stereocenters. The van der Waals surface area contributed by atoms with Crippen LogP contribution in [-0.4, -0.2) is 29.8 Å². The summed E-state index contributed by atoms with van der Waals surface area (Å²) in [5.74, 6) is 1.97. The summed E-state index contributed by atoms with van der Waals surface area (Å²) < 4.78 is 10.9. The largest absolute Gasteiger partial charge is 0.493 e. The van der Waals surface area contributed by atoms with Crippen LogP contribution >= 0.6 is 0 Å². The number of nitrogens with one attached hydrogen (secondary N) is 1. The molecule has 0 saturated heterocycles. The van der Waals surface area contributed by atoms with Crippen LogP contribution in [0.2, 0.25) is 0 Å². The number of ether oxygens (including phenoxy) is 1. The number of benzene rings is 1. The first-order valence-electron chi connectivity index (χ1n) is 6.46. The molecule has 102 valence electrons. The van der Waals surface area contributed by atoms with Gasteiger partial charge in [0.15, 0.2) is 5.82 Å². The average molecular weight is 261 g/mol. The lowest BCUT2D eigenvalue weighted by Gasteiger charge is -2.06. The summed E-state index contributed by atoms with van der Waals surface area (Å²) in [4.78, 5) is 4.41. The maximum atomic E-state index is 5.56. The molecule has 0 aliphatic carbocycles. The van der Waals surface area contributed by atoms with Gasteiger partial charge in [0.05, 0.1) is 12.2 Å². The SMILES string of the molecule is CCOc1ccccc1-c1nc(CC(C)NC)no1. The van der Waals surface area contributed by atoms with E-state index in [1.54, 1.807) is 0 Å². The van der Waals surface area contributed by atoms with Gasteiger partial charge in [0, 0.05) is 12.5 Å². The van der Waals surface area contributed by atoms with Crippen LogP contribution in [0, 0.1) is 0 Å². The van der Waals surface area contributed by atoms with Crippen molar-refractivity contribution in [3.8, 4) is 17.2 Å². The molecule has 5 heteroatoms. The number of rotatable bonds is 6. The van der Waals surface area contributed by atoms with Crippen LogP contribution in [0.3, 0.4) is 0 Å².